The van der Waals surface area contributed by atoms with E-state index in [9.17, 15) is 14.4 Å². The van der Waals surface area contributed by atoms with E-state index >= 15 is 0 Å². The number of nitrogens with zero attached hydrogens (tertiary/aromatic N) is 1. The van der Waals surface area contributed by atoms with Crippen LogP contribution in [0.1, 0.15) is 16.7 Å². The molecule has 4 rings (SSSR count). The molecule has 1 aliphatic rings. The summed E-state index contributed by atoms with van der Waals surface area (Å²) in [6.07, 6.45) is 1.44. The molecule has 3 aromatic rings. The molecule has 3 aromatic carbocycles. The van der Waals surface area contributed by atoms with Crippen molar-refractivity contribution in [3.8, 4) is 5.75 Å². The Balaban J connectivity index is 1.60. The number of amides is 4. The van der Waals surface area contributed by atoms with E-state index < -0.39 is 17.8 Å². The zero-order valence-electron chi connectivity index (χ0n) is 17.5. The predicted molar refractivity (Wildman–Crippen MR) is 133 cm³/mol. The van der Waals surface area contributed by atoms with Crippen LogP contribution in [0.15, 0.2) is 81.2 Å². The number of hydrogen-bond donors (Lipinski definition) is 1. The van der Waals surface area contributed by atoms with Gasteiger partial charge < -0.3 is 4.74 Å². The minimum absolute atomic E-state index is 0.148. The van der Waals surface area contributed by atoms with E-state index in [2.05, 4.69) is 37.2 Å². The van der Waals surface area contributed by atoms with Crippen molar-refractivity contribution in [2.24, 2.45) is 0 Å². The van der Waals surface area contributed by atoms with Gasteiger partial charge >= 0.3 is 6.03 Å². The number of carbonyl (C=O) groups excluding carboxylic acids is 3. The highest BCUT2D eigenvalue weighted by molar-refractivity contribution is 9.11. The highest BCUT2D eigenvalue weighted by Gasteiger charge is 2.36. The molecule has 1 saturated heterocycles. The number of para-hydroxylation sites is 1. The molecule has 1 aliphatic heterocycles. The van der Waals surface area contributed by atoms with Gasteiger partial charge in [-0.05, 0) is 80.3 Å². The number of halogens is 2. The quantitative estimate of drug-likeness (QED) is 0.313. The number of benzene rings is 3. The smallest absolute Gasteiger partial charge is 0.335 e. The first-order valence-electron chi connectivity index (χ1n) is 9.97. The molecule has 33 heavy (non-hydrogen) atoms. The molecule has 6 nitrogen and oxygen atoms in total. The molecular formula is C25H18Br2N2O4. The number of ether oxygens (including phenoxy) is 1. The second kappa shape index (κ2) is 9.72. The first kappa shape index (κ1) is 22.9. The summed E-state index contributed by atoms with van der Waals surface area (Å²) in [5, 5.41) is 2.22. The molecule has 0 aliphatic carbocycles. The summed E-state index contributed by atoms with van der Waals surface area (Å²) in [4.78, 5) is 38.6. The monoisotopic (exact) mass is 568 g/mol. The number of urea groups is 1. The lowest BCUT2D eigenvalue weighted by Crippen LogP contribution is -2.54. The molecular weight excluding hydrogens is 552 g/mol. The number of hydrogen-bond acceptors (Lipinski definition) is 4. The number of carbonyl (C=O) groups is 3. The fraction of sp³-hybridized carbons (Fsp3) is 0.0800. The van der Waals surface area contributed by atoms with Gasteiger partial charge in [0.25, 0.3) is 11.8 Å². The number of barbiturate groups is 1. The van der Waals surface area contributed by atoms with Crippen LogP contribution in [0.4, 0.5) is 10.5 Å². The van der Waals surface area contributed by atoms with Gasteiger partial charge in [-0.2, -0.15) is 0 Å². The van der Waals surface area contributed by atoms with Gasteiger partial charge in [0, 0.05) is 0 Å². The van der Waals surface area contributed by atoms with Crippen molar-refractivity contribution >= 4 is 61.5 Å². The van der Waals surface area contributed by atoms with Gasteiger partial charge in [-0.3, -0.25) is 14.9 Å². The minimum atomic E-state index is -0.782. The molecule has 0 spiro atoms. The van der Waals surface area contributed by atoms with Gasteiger partial charge in [0.05, 0.1) is 14.6 Å². The first-order valence-corrected chi connectivity index (χ1v) is 11.6. The Labute approximate surface area is 207 Å². The van der Waals surface area contributed by atoms with Crippen molar-refractivity contribution in [3.05, 3.63) is 97.9 Å². The number of nitrogens with one attached hydrogen (secondary N) is 1. The summed E-state index contributed by atoms with van der Waals surface area (Å²) >= 11 is 7.00. The largest absolute Gasteiger partial charge is 0.487 e. The molecule has 1 fully saturated rings. The lowest BCUT2D eigenvalue weighted by Gasteiger charge is -2.26. The van der Waals surface area contributed by atoms with E-state index in [-0.39, 0.29) is 5.57 Å². The molecule has 166 valence electrons. The second-order valence-electron chi connectivity index (χ2n) is 7.38. The number of aryl methyl sites for hydroxylation is 1. The lowest BCUT2D eigenvalue weighted by molar-refractivity contribution is -0.122. The van der Waals surface area contributed by atoms with Gasteiger partial charge in [-0.15, -0.1) is 0 Å². The molecule has 0 atom stereocenters. The first-order chi connectivity index (χ1) is 15.8. The van der Waals surface area contributed by atoms with Crippen molar-refractivity contribution in [3.63, 3.8) is 0 Å². The van der Waals surface area contributed by atoms with Gasteiger partial charge in [-0.1, -0.05) is 48.0 Å². The number of imide groups is 2. The van der Waals surface area contributed by atoms with Crippen molar-refractivity contribution in [2.45, 2.75) is 13.5 Å². The zero-order valence-corrected chi connectivity index (χ0v) is 20.6. The Bertz CT molecular complexity index is 1250. The molecule has 0 bridgehead atoms. The third-order valence-corrected chi connectivity index (χ3v) is 6.13. The fourth-order valence-electron chi connectivity index (χ4n) is 3.28. The molecule has 0 unspecified atom stereocenters. The van der Waals surface area contributed by atoms with Crippen LogP contribution in [0.5, 0.6) is 5.75 Å². The zero-order chi connectivity index (χ0) is 23.5. The van der Waals surface area contributed by atoms with E-state index in [1.54, 1.807) is 42.5 Å². The minimum Gasteiger partial charge on any atom is -0.487 e. The van der Waals surface area contributed by atoms with E-state index in [1.807, 2.05) is 31.2 Å². The molecule has 1 N–H and O–H groups in total. The van der Waals surface area contributed by atoms with Crippen LogP contribution >= 0.6 is 31.9 Å². The van der Waals surface area contributed by atoms with Crippen LogP contribution in [0.3, 0.4) is 0 Å². The van der Waals surface area contributed by atoms with Crippen molar-refractivity contribution in [2.75, 3.05) is 4.90 Å². The van der Waals surface area contributed by atoms with Gasteiger partial charge in [0.1, 0.15) is 17.9 Å². The Morgan fingerprint density at radius 2 is 1.58 bits per heavy atom. The van der Waals surface area contributed by atoms with Crippen LogP contribution in [-0.4, -0.2) is 17.8 Å². The molecule has 0 saturated carbocycles. The van der Waals surface area contributed by atoms with Crippen LogP contribution < -0.4 is 15.0 Å². The third-order valence-electron chi connectivity index (χ3n) is 4.95. The van der Waals surface area contributed by atoms with Crippen LogP contribution in [0.2, 0.25) is 0 Å². The maximum atomic E-state index is 13.0. The van der Waals surface area contributed by atoms with E-state index in [0.29, 0.717) is 32.6 Å². The second-order valence-corrected chi connectivity index (χ2v) is 9.09. The lowest BCUT2D eigenvalue weighted by atomic mass is 10.1. The Morgan fingerprint density at radius 3 is 2.21 bits per heavy atom. The summed E-state index contributed by atoms with van der Waals surface area (Å²) < 4.78 is 7.25. The Morgan fingerprint density at radius 1 is 0.939 bits per heavy atom. The van der Waals surface area contributed by atoms with Gasteiger partial charge in [0.2, 0.25) is 0 Å². The maximum Gasteiger partial charge on any atom is 0.335 e. The number of rotatable bonds is 5. The molecule has 4 amide bonds. The SMILES string of the molecule is Cc1ccc(COc2c(Br)cc(/C=C3\C(=O)NC(=O)N(c4ccccc4)C3=O)cc2Br)cc1. The summed E-state index contributed by atoms with van der Waals surface area (Å²) in [5.41, 5.74) is 3.01. The highest BCUT2D eigenvalue weighted by atomic mass is 79.9. The van der Waals surface area contributed by atoms with Crippen LogP contribution in [-0.2, 0) is 16.2 Å². The molecule has 0 radical (unpaired) electrons. The average molecular weight is 570 g/mol. The Kier molecular flexibility index (Phi) is 6.76. The normalized spacial score (nSPS) is 15.1. The highest BCUT2D eigenvalue weighted by Crippen LogP contribution is 2.36. The van der Waals surface area contributed by atoms with Crippen molar-refractivity contribution in [1.82, 2.24) is 5.32 Å². The van der Waals surface area contributed by atoms with Crippen LogP contribution in [0, 0.1) is 6.92 Å². The van der Waals surface area contributed by atoms with Gasteiger partial charge in [-0.25, -0.2) is 9.69 Å². The topological polar surface area (TPSA) is 75.7 Å². The number of anilines is 1. The van der Waals surface area contributed by atoms with E-state index in [1.165, 1.54) is 11.6 Å². The predicted octanol–water partition coefficient (Wildman–Crippen LogP) is 5.77. The molecule has 0 aromatic heterocycles. The van der Waals surface area contributed by atoms with Crippen LogP contribution in [0.25, 0.3) is 6.08 Å². The third kappa shape index (κ3) is 5.07. The molecule has 8 heteroatoms. The summed E-state index contributed by atoms with van der Waals surface area (Å²) in [5.74, 6) is -0.843. The van der Waals surface area contributed by atoms with Crippen molar-refractivity contribution < 1.29 is 19.1 Å². The summed E-state index contributed by atoms with van der Waals surface area (Å²) in [6.45, 7) is 2.41. The fourth-order valence-corrected chi connectivity index (χ4v) is 4.73. The van der Waals surface area contributed by atoms with E-state index in [4.69, 9.17) is 4.74 Å². The standard InChI is InChI=1S/C25H18Br2N2O4/c1-15-7-9-16(10-8-15)14-33-22-20(26)12-17(13-21(22)27)11-19-23(30)28-25(32)29(24(19)31)18-5-3-2-4-6-18/h2-13H,14H2,1H3,(H,28,30,32)/b19-11+. The Hall–Kier alpha value is -3.23. The van der Waals surface area contributed by atoms with E-state index in [0.717, 1.165) is 10.5 Å². The maximum absolute atomic E-state index is 13.0. The van der Waals surface area contributed by atoms with Crippen molar-refractivity contribution in [1.29, 1.82) is 0 Å². The summed E-state index contributed by atoms with van der Waals surface area (Å²) in [7, 11) is 0. The summed E-state index contributed by atoms with van der Waals surface area (Å²) in [6, 6.07) is 19.2. The average Bonchev–Trinajstić information content (AvgIpc) is 2.78. The van der Waals surface area contributed by atoms with Gasteiger partial charge in [0.15, 0.2) is 0 Å². The molecule has 1 heterocycles.